The summed E-state index contributed by atoms with van der Waals surface area (Å²) in [5, 5.41) is 10.4. The second kappa shape index (κ2) is 5.70. The van der Waals surface area contributed by atoms with Gasteiger partial charge in [-0.2, -0.15) is 4.31 Å². The summed E-state index contributed by atoms with van der Waals surface area (Å²) >= 11 is 0. The number of benzene rings is 2. The van der Waals surface area contributed by atoms with Crippen molar-refractivity contribution in [3.05, 3.63) is 42.5 Å². The van der Waals surface area contributed by atoms with Crippen LogP contribution in [0, 0.1) is 0 Å². The van der Waals surface area contributed by atoms with Crippen LogP contribution in [0.1, 0.15) is 19.3 Å². The van der Waals surface area contributed by atoms with Crippen LogP contribution >= 0.6 is 0 Å². The molecule has 0 aliphatic heterocycles. The normalized spacial score (nSPS) is 15.3. The van der Waals surface area contributed by atoms with Crippen LogP contribution < -0.4 is 0 Å². The molecule has 0 radical (unpaired) electrons. The molecular weight excluding hydrogens is 302 g/mol. The molecule has 6 heteroatoms. The van der Waals surface area contributed by atoms with Gasteiger partial charge < -0.3 is 5.11 Å². The Kier molecular flexibility index (Phi) is 3.88. The first kappa shape index (κ1) is 15.0. The summed E-state index contributed by atoms with van der Waals surface area (Å²) in [5.74, 6) is -0.987. The molecule has 0 heterocycles. The van der Waals surface area contributed by atoms with Crippen LogP contribution in [0.4, 0.5) is 0 Å². The summed E-state index contributed by atoms with van der Waals surface area (Å²) in [6, 6.07) is 12.4. The lowest BCUT2D eigenvalue weighted by atomic mass is 10.1. The molecule has 1 saturated carbocycles. The van der Waals surface area contributed by atoms with E-state index in [2.05, 4.69) is 0 Å². The second-order valence-electron chi connectivity index (χ2n) is 5.47. The minimum Gasteiger partial charge on any atom is -0.481 e. The van der Waals surface area contributed by atoms with Crippen LogP contribution in [-0.2, 0) is 14.8 Å². The van der Waals surface area contributed by atoms with Gasteiger partial charge in [-0.05, 0) is 24.3 Å². The zero-order valence-corrected chi connectivity index (χ0v) is 12.8. The van der Waals surface area contributed by atoms with E-state index in [1.807, 2.05) is 18.2 Å². The number of aliphatic carboxylic acids is 1. The number of nitrogens with zero attached hydrogens (tertiary/aromatic N) is 1. The van der Waals surface area contributed by atoms with Crippen molar-refractivity contribution in [1.29, 1.82) is 0 Å². The molecule has 0 atom stereocenters. The number of hydrogen-bond donors (Lipinski definition) is 1. The maximum Gasteiger partial charge on any atom is 0.304 e. The first-order chi connectivity index (χ1) is 10.5. The molecule has 0 amide bonds. The van der Waals surface area contributed by atoms with E-state index in [1.54, 1.807) is 24.3 Å². The van der Waals surface area contributed by atoms with Crippen LogP contribution in [0.2, 0.25) is 0 Å². The molecule has 0 spiro atoms. The van der Waals surface area contributed by atoms with Gasteiger partial charge in [0.2, 0.25) is 10.0 Å². The van der Waals surface area contributed by atoms with E-state index in [-0.39, 0.29) is 23.9 Å². The Morgan fingerprint density at radius 3 is 2.50 bits per heavy atom. The summed E-state index contributed by atoms with van der Waals surface area (Å²) in [7, 11) is -3.69. The molecule has 2 aromatic carbocycles. The number of carboxylic acids is 1. The molecule has 116 valence electrons. The predicted octanol–water partition coefficient (Wildman–Crippen LogP) is 2.47. The maximum absolute atomic E-state index is 13.0. The molecule has 5 nitrogen and oxygen atoms in total. The zero-order valence-electron chi connectivity index (χ0n) is 12.0. The van der Waals surface area contributed by atoms with Gasteiger partial charge in [-0.15, -0.1) is 0 Å². The third-order valence-corrected chi connectivity index (χ3v) is 5.85. The smallest absolute Gasteiger partial charge is 0.304 e. The Labute approximate surface area is 129 Å². The average molecular weight is 319 g/mol. The predicted molar refractivity (Wildman–Crippen MR) is 83.1 cm³/mol. The van der Waals surface area contributed by atoms with Gasteiger partial charge in [0, 0.05) is 18.0 Å². The Morgan fingerprint density at radius 1 is 1.14 bits per heavy atom. The zero-order chi connectivity index (χ0) is 15.7. The monoisotopic (exact) mass is 319 g/mol. The van der Waals surface area contributed by atoms with Crippen LogP contribution in [0.25, 0.3) is 10.8 Å². The number of hydrogen-bond acceptors (Lipinski definition) is 3. The van der Waals surface area contributed by atoms with E-state index in [1.165, 1.54) is 4.31 Å². The average Bonchev–Trinajstić information content (AvgIpc) is 3.31. The fourth-order valence-electron chi connectivity index (χ4n) is 2.61. The third-order valence-electron chi connectivity index (χ3n) is 3.84. The van der Waals surface area contributed by atoms with Crippen molar-refractivity contribution in [2.45, 2.75) is 30.2 Å². The third kappa shape index (κ3) is 2.84. The van der Waals surface area contributed by atoms with Gasteiger partial charge in [0.25, 0.3) is 0 Å². The van der Waals surface area contributed by atoms with Crippen molar-refractivity contribution in [2.75, 3.05) is 6.54 Å². The van der Waals surface area contributed by atoms with Crippen molar-refractivity contribution >= 4 is 26.8 Å². The van der Waals surface area contributed by atoms with Gasteiger partial charge in [-0.25, -0.2) is 8.42 Å². The summed E-state index contributed by atoms with van der Waals surface area (Å²) in [6.45, 7) is 0.0194. The van der Waals surface area contributed by atoms with Crippen LogP contribution in [0.5, 0.6) is 0 Å². The minimum atomic E-state index is -3.69. The van der Waals surface area contributed by atoms with E-state index >= 15 is 0 Å². The molecular formula is C16H17NO4S. The molecule has 1 aliphatic carbocycles. The SMILES string of the molecule is O=C(O)CCN(C1CC1)S(=O)(=O)c1cccc2ccccc12. The number of fused-ring (bicyclic) bond motifs is 1. The Hall–Kier alpha value is -1.92. The van der Waals surface area contributed by atoms with Crippen molar-refractivity contribution in [3.63, 3.8) is 0 Å². The fraction of sp³-hybridized carbons (Fsp3) is 0.312. The summed E-state index contributed by atoms with van der Waals surface area (Å²) < 4.78 is 27.3. The van der Waals surface area contributed by atoms with E-state index < -0.39 is 16.0 Å². The highest BCUT2D eigenvalue weighted by atomic mass is 32.2. The maximum atomic E-state index is 13.0. The summed E-state index contributed by atoms with van der Waals surface area (Å²) in [4.78, 5) is 11.1. The first-order valence-electron chi connectivity index (χ1n) is 7.21. The summed E-state index contributed by atoms with van der Waals surface area (Å²) in [5.41, 5.74) is 0. The molecule has 22 heavy (non-hydrogen) atoms. The molecule has 1 fully saturated rings. The van der Waals surface area contributed by atoms with E-state index in [0.29, 0.717) is 5.39 Å². The molecule has 3 rings (SSSR count). The standard InChI is InChI=1S/C16H17NO4S/c18-16(19)10-11-17(13-8-9-13)22(20,21)15-7-3-5-12-4-1-2-6-14(12)15/h1-7,13H,8-11H2,(H,18,19). The second-order valence-corrected chi connectivity index (χ2v) is 7.33. The molecule has 0 aromatic heterocycles. The molecule has 0 bridgehead atoms. The van der Waals surface area contributed by atoms with Gasteiger partial charge in [0.1, 0.15) is 0 Å². The van der Waals surface area contributed by atoms with Gasteiger partial charge in [-0.1, -0.05) is 36.4 Å². The van der Waals surface area contributed by atoms with Crippen molar-refractivity contribution in [3.8, 4) is 0 Å². The number of carbonyl (C=O) groups is 1. The quantitative estimate of drug-likeness (QED) is 0.887. The van der Waals surface area contributed by atoms with Crippen molar-refractivity contribution in [2.24, 2.45) is 0 Å². The van der Waals surface area contributed by atoms with E-state index in [4.69, 9.17) is 5.11 Å². The molecule has 0 saturated heterocycles. The number of sulfonamides is 1. The molecule has 1 aliphatic rings. The Bertz CT molecular complexity index is 807. The lowest BCUT2D eigenvalue weighted by Crippen LogP contribution is -2.35. The lowest BCUT2D eigenvalue weighted by Gasteiger charge is -2.22. The highest BCUT2D eigenvalue weighted by Crippen LogP contribution is 2.34. The Morgan fingerprint density at radius 2 is 1.82 bits per heavy atom. The van der Waals surface area contributed by atoms with Gasteiger partial charge in [0.05, 0.1) is 11.3 Å². The first-order valence-corrected chi connectivity index (χ1v) is 8.65. The van der Waals surface area contributed by atoms with Gasteiger partial charge in [0.15, 0.2) is 0 Å². The van der Waals surface area contributed by atoms with Crippen LogP contribution in [0.15, 0.2) is 47.4 Å². The van der Waals surface area contributed by atoms with Crippen LogP contribution in [0.3, 0.4) is 0 Å². The van der Waals surface area contributed by atoms with E-state index in [9.17, 15) is 13.2 Å². The highest BCUT2D eigenvalue weighted by molar-refractivity contribution is 7.89. The summed E-state index contributed by atoms with van der Waals surface area (Å²) in [6.07, 6.45) is 1.41. The Balaban J connectivity index is 2.04. The number of carboxylic acid groups (broad SMARTS) is 1. The van der Waals surface area contributed by atoms with Gasteiger partial charge in [-0.3, -0.25) is 4.79 Å². The minimum absolute atomic E-state index is 0.0194. The van der Waals surface area contributed by atoms with Crippen molar-refractivity contribution < 1.29 is 18.3 Å². The van der Waals surface area contributed by atoms with Gasteiger partial charge >= 0.3 is 5.97 Å². The lowest BCUT2D eigenvalue weighted by molar-refractivity contribution is -0.137. The molecule has 1 N–H and O–H groups in total. The number of rotatable bonds is 6. The largest absolute Gasteiger partial charge is 0.481 e. The molecule has 2 aromatic rings. The van der Waals surface area contributed by atoms with Crippen molar-refractivity contribution in [1.82, 2.24) is 4.31 Å². The highest BCUT2D eigenvalue weighted by Gasteiger charge is 2.38. The van der Waals surface area contributed by atoms with Crippen LogP contribution in [-0.4, -0.2) is 36.4 Å². The topological polar surface area (TPSA) is 74.7 Å². The van der Waals surface area contributed by atoms with E-state index in [0.717, 1.165) is 18.2 Å². The fourth-order valence-corrected chi connectivity index (χ4v) is 4.52. The molecule has 0 unspecified atom stereocenters.